The number of halogens is 1. The molecule has 3 rings (SSSR count). The van der Waals surface area contributed by atoms with Crippen molar-refractivity contribution >= 4 is 29.8 Å². The number of nitrogens with zero attached hydrogens (tertiary/aromatic N) is 2. The van der Waals surface area contributed by atoms with Crippen LogP contribution >= 0.6 is 11.8 Å². The van der Waals surface area contributed by atoms with Crippen molar-refractivity contribution in [3.8, 4) is 0 Å². The second kappa shape index (κ2) is 8.48. The third kappa shape index (κ3) is 5.06. The summed E-state index contributed by atoms with van der Waals surface area (Å²) < 4.78 is 18.7. The molecule has 8 heteroatoms. The van der Waals surface area contributed by atoms with Crippen LogP contribution in [-0.2, 0) is 11.3 Å². The highest BCUT2D eigenvalue weighted by molar-refractivity contribution is 7.99. The first kappa shape index (κ1) is 17.9. The molecule has 0 spiro atoms. The minimum absolute atomic E-state index is 0.173. The van der Waals surface area contributed by atoms with Gasteiger partial charge in [-0.25, -0.2) is 9.37 Å². The van der Waals surface area contributed by atoms with Crippen LogP contribution in [0.3, 0.4) is 0 Å². The molecule has 0 unspecified atom stereocenters. The van der Waals surface area contributed by atoms with Gasteiger partial charge in [0.15, 0.2) is 0 Å². The Morgan fingerprint density at radius 1 is 1.38 bits per heavy atom. The van der Waals surface area contributed by atoms with Crippen LogP contribution in [0.2, 0.25) is 0 Å². The number of hydrogen-bond donors (Lipinski definition) is 2. The zero-order chi connectivity index (χ0) is 18.4. The lowest BCUT2D eigenvalue weighted by atomic mass is 10.1. The lowest BCUT2D eigenvalue weighted by Gasteiger charge is -2.05. The fourth-order valence-corrected chi connectivity index (χ4v) is 2.71. The van der Waals surface area contributed by atoms with Gasteiger partial charge in [-0.3, -0.25) is 9.89 Å². The van der Waals surface area contributed by atoms with Crippen LogP contribution in [0.5, 0.6) is 0 Å². The molecule has 0 saturated carbocycles. The van der Waals surface area contributed by atoms with E-state index < -0.39 is 0 Å². The van der Waals surface area contributed by atoms with Gasteiger partial charge in [-0.15, -0.1) is 5.10 Å². The molecule has 134 valence electrons. The number of nitrogens with one attached hydrogen (secondary N) is 2. The molecule has 1 amide bonds. The average Bonchev–Trinajstić information content (AvgIpc) is 3.30. The van der Waals surface area contributed by atoms with Gasteiger partial charge in [-0.05, 0) is 48.4 Å². The smallest absolute Gasteiger partial charge is 0.230 e. The van der Waals surface area contributed by atoms with E-state index in [1.165, 1.54) is 17.8 Å². The molecule has 0 aliphatic rings. The quantitative estimate of drug-likeness (QED) is 0.621. The van der Waals surface area contributed by atoms with Gasteiger partial charge in [0.05, 0.1) is 12.0 Å². The van der Waals surface area contributed by atoms with Gasteiger partial charge in [0.2, 0.25) is 11.1 Å². The molecular formula is C18H17FN4O2S. The number of amides is 1. The Morgan fingerprint density at radius 3 is 3.04 bits per heavy atom. The standard InChI is InChI=1S/C18H17FN4O2S/c1-12-4-5-13(9-15(12)19)10-20-17(24)11-26-18-21-16(22-23-18)7-6-14-3-2-8-25-14/h2-9H,10-11H2,1H3,(H,20,24)(H,21,22,23)/b7-6+. The number of aromatic amines is 1. The molecule has 0 aliphatic carbocycles. The van der Waals surface area contributed by atoms with E-state index in [-0.39, 0.29) is 24.0 Å². The first-order valence-electron chi connectivity index (χ1n) is 7.88. The fourth-order valence-electron chi connectivity index (χ4n) is 2.07. The van der Waals surface area contributed by atoms with Crippen LogP contribution in [0.1, 0.15) is 22.7 Å². The SMILES string of the molecule is Cc1ccc(CNC(=O)CSc2n[nH]c(/C=C/c3ccco3)n2)cc1F. The van der Waals surface area contributed by atoms with Crippen LogP contribution < -0.4 is 5.32 Å². The minimum Gasteiger partial charge on any atom is -0.465 e. The maximum Gasteiger partial charge on any atom is 0.230 e. The Balaban J connectivity index is 1.45. The summed E-state index contributed by atoms with van der Waals surface area (Å²) >= 11 is 1.22. The van der Waals surface area contributed by atoms with Crippen molar-refractivity contribution in [3.63, 3.8) is 0 Å². The number of H-pyrrole nitrogens is 1. The second-order valence-electron chi connectivity index (χ2n) is 5.50. The number of hydrogen-bond acceptors (Lipinski definition) is 5. The number of carbonyl (C=O) groups is 1. The lowest BCUT2D eigenvalue weighted by molar-refractivity contribution is -0.118. The highest BCUT2D eigenvalue weighted by Gasteiger charge is 2.07. The van der Waals surface area contributed by atoms with Gasteiger partial charge in [0.25, 0.3) is 0 Å². The molecule has 0 radical (unpaired) electrons. The third-order valence-electron chi connectivity index (χ3n) is 3.49. The van der Waals surface area contributed by atoms with E-state index in [4.69, 9.17) is 4.42 Å². The van der Waals surface area contributed by atoms with E-state index in [9.17, 15) is 9.18 Å². The number of benzene rings is 1. The Kier molecular flexibility index (Phi) is 5.85. The van der Waals surface area contributed by atoms with Crippen molar-refractivity contribution in [3.05, 3.63) is 65.1 Å². The molecule has 2 heterocycles. The van der Waals surface area contributed by atoms with E-state index in [0.717, 1.165) is 5.56 Å². The molecule has 6 nitrogen and oxygen atoms in total. The number of furan rings is 1. The maximum atomic E-state index is 13.5. The molecule has 1 aromatic carbocycles. The highest BCUT2D eigenvalue weighted by atomic mass is 32.2. The Bertz CT molecular complexity index is 906. The molecule has 3 aromatic rings. The van der Waals surface area contributed by atoms with E-state index in [2.05, 4.69) is 20.5 Å². The number of aromatic nitrogens is 3. The second-order valence-corrected chi connectivity index (χ2v) is 6.44. The highest BCUT2D eigenvalue weighted by Crippen LogP contribution is 2.14. The van der Waals surface area contributed by atoms with Gasteiger partial charge in [0, 0.05) is 6.54 Å². The molecule has 26 heavy (non-hydrogen) atoms. The minimum atomic E-state index is -0.276. The first-order chi connectivity index (χ1) is 12.6. The lowest BCUT2D eigenvalue weighted by Crippen LogP contribution is -2.24. The van der Waals surface area contributed by atoms with E-state index in [1.54, 1.807) is 43.5 Å². The molecule has 0 atom stereocenters. The van der Waals surface area contributed by atoms with Crippen molar-refractivity contribution in [2.75, 3.05) is 5.75 Å². The maximum absolute atomic E-state index is 13.5. The summed E-state index contributed by atoms with van der Waals surface area (Å²) in [5.74, 6) is 1.01. The van der Waals surface area contributed by atoms with Gasteiger partial charge in [-0.1, -0.05) is 23.9 Å². The molecule has 0 saturated heterocycles. The monoisotopic (exact) mass is 372 g/mol. The molecular weight excluding hydrogens is 355 g/mol. The summed E-state index contributed by atoms with van der Waals surface area (Å²) in [5, 5.41) is 10.0. The van der Waals surface area contributed by atoms with Crippen molar-refractivity contribution in [1.82, 2.24) is 20.5 Å². The van der Waals surface area contributed by atoms with Crippen LogP contribution in [0.15, 0.2) is 46.2 Å². The van der Waals surface area contributed by atoms with Crippen LogP contribution in [-0.4, -0.2) is 26.8 Å². The van der Waals surface area contributed by atoms with Crippen LogP contribution in [0.25, 0.3) is 12.2 Å². The van der Waals surface area contributed by atoms with Gasteiger partial charge in [-0.2, -0.15) is 0 Å². The van der Waals surface area contributed by atoms with Gasteiger partial charge < -0.3 is 9.73 Å². The summed E-state index contributed by atoms with van der Waals surface area (Å²) in [5.41, 5.74) is 1.30. The molecule has 2 N–H and O–H groups in total. The number of rotatable bonds is 7. The summed E-state index contributed by atoms with van der Waals surface area (Å²) in [7, 11) is 0. The summed E-state index contributed by atoms with van der Waals surface area (Å²) in [4.78, 5) is 16.2. The number of aryl methyl sites for hydroxylation is 1. The predicted molar refractivity (Wildman–Crippen MR) is 97.7 cm³/mol. The predicted octanol–water partition coefficient (Wildman–Crippen LogP) is 3.42. The Morgan fingerprint density at radius 2 is 2.27 bits per heavy atom. The normalized spacial score (nSPS) is 11.2. The molecule has 0 fully saturated rings. The summed E-state index contributed by atoms with van der Waals surface area (Å²) in [6.45, 7) is 1.98. The number of thioether (sulfide) groups is 1. The van der Waals surface area contributed by atoms with E-state index in [0.29, 0.717) is 22.3 Å². The van der Waals surface area contributed by atoms with E-state index >= 15 is 0 Å². The third-order valence-corrected chi connectivity index (χ3v) is 4.34. The van der Waals surface area contributed by atoms with E-state index in [1.807, 2.05) is 6.07 Å². The zero-order valence-electron chi connectivity index (χ0n) is 14.0. The average molecular weight is 372 g/mol. The molecule has 2 aromatic heterocycles. The van der Waals surface area contributed by atoms with Crippen molar-refractivity contribution < 1.29 is 13.6 Å². The van der Waals surface area contributed by atoms with Crippen molar-refractivity contribution in [1.29, 1.82) is 0 Å². The summed E-state index contributed by atoms with van der Waals surface area (Å²) in [6, 6.07) is 8.53. The largest absolute Gasteiger partial charge is 0.465 e. The van der Waals surface area contributed by atoms with Crippen LogP contribution in [0, 0.1) is 12.7 Å². The molecule has 0 aliphatic heterocycles. The number of carbonyl (C=O) groups excluding carboxylic acids is 1. The van der Waals surface area contributed by atoms with Crippen molar-refractivity contribution in [2.45, 2.75) is 18.6 Å². The summed E-state index contributed by atoms with van der Waals surface area (Å²) in [6.07, 6.45) is 5.09. The van der Waals surface area contributed by atoms with Crippen LogP contribution in [0.4, 0.5) is 4.39 Å². The first-order valence-corrected chi connectivity index (χ1v) is 8.87. The van der Waals surface area contributed by atoms with Gasteiger partial charge in [0.1, 0.15) is 17.4 Å². The van der Waals surface area contributed by atoms with Crippen molar-refractivity contribution in [2.24, 2.45) is 0 Å². The topological polar surface area (TPSA) is 83.8 Å². The Hall–Kier alpha value is -2.87. The Labute approximate surface area is 153 Å². The zero-order valence-corrected chi connectivity index (χ0v) is 14.8. The fraction of sp³-hybridized carbons (Fsp3) is 0.167. The van der Waals surface area contributed by atoms with Gasteiger partial charge >= 0.3 is 0 Å². The molecule has 0 bridgehead atoms.